The molecule has 1 aromatic carbocycles. The standard InChI is InChI=1S/C32H42ClFN8O2/c1-4-7-27(38-13-6-12-37-20(2)35)28-11-10-24(17-39-28)42-18-22-16-29(40-31(22)41-32(42)43)25-14-21(15-26(33)30(25)34)8-5-9-23(36)19-44-3/h10-11,14-18,23,27,38H,4-9,12-13,19,36H2,1-3H3,(H2,35,37)(H,40,41,43). The summed E-state index contributed by atoms with van der Waals surface area (Å²) in [6.07, 6.45) is 8.42. The Morgan fingerprint density at radius 3 is 2.77 bits per heavy atom. The number of nitrogens with zero attached hydrogens (tertiary/aromatic N) is 4. The summed E-state index contributed by atoms with van der Waals surface area (Å²) in [5.74, 6) is 0.0495. The normalized spacial score (nSPS) is 13.5. The Morgan fingerprint density at radius 2 is 2.07 bits per heavy atom. The van der Waals surface area contributed by atoms with E-state index in [0.29, 0.717) is 53.4 Å². The minimum absolute atomic E-state index is 0.0334. The molecular weight excluding hydrogens is 583 g/mol. The lowest BCUT2D eigenvalue weighted by molar-refractivity contribution is 0.176. The van der Waals surface area contributed by atoms with Crippen molar-refractivity contribution in [2.75, 3.05) is 26.8 Å². The highest BCUT2D eigenvalue weighted by Gasteiger charge is 2.17. The first-order valence-corrected chi connectivity index (χ1v) is 15.4. The first-order valence-electron chi connectivity index (χ1n) is 15.0. The predicted molar refractivity (Wildman–Crippen MR) is 175 cm³/mol. The summed E-state index contributed by atoms with van der Waals surface area (Å²) in [7, 11) is 1.62. The zero-order valence-electron chi connectivity index (χ0n) is 25.6. The largest absolute Gasteiger partial charge is 0.388 e. The van der Waals surface area contributed by atoms with E-state index in [4.69, 9.17) is 27.8 Å². The highest BCUT2D eigenvalue weighted by Crippen LogP contribution is 2.31. The van der Waals surface area contributed by atoms with Crippen LogP contribution in [0.4, 0.5) is 4.39 Å². The van der Waals surface area contributed by atoms with Gasteiger partial charge in [-0.05, 0) is 81.5 Å². The van der Waals surface area contributed by atoms with Crippen LogP contribution >= 0.6 is 11.6 Å². The van der Waals surface area contributed by atoms with E-state index in [1.54, 1.807) is 44.6 Å². The third kappa shape index (κ3) is 8.72. The first-order chi connectivity index (χ1) is 21.2. The lowest BCUT2D eigenvalue weighted by atomic mass is 10.0. The van der Waals surface area contributed by atoms with Gasteiger partial charge in [-0.3, -0.25) is 14.5 Å². The zero-order valence-corrected chi connectivity index (χ0v) is 26.3. The summed E-state index contributed by atoms with van der Waals surface area (Å²) in [5, 5.41) is 4.23. The third-order valence-electron chi connectivity index (χ3n) is 7.38. The van der Waals surface area contributed by atoms with Crippen molar-refractivity contribution in [3.63, 3.8) is 0 Å². The smallest absolute Gasteiger partial charge is 0.354 e. The van der Waals surface area contributed by atoms with Gasteiger partial charge in [-0.25, -0.2) is 9.18 Å². The molecular formula is C32H42ClFN8O2. The number of aromatic amines is 1. The molecule has 0 saturated carbocycles. The molecule has 0 aliphatic carbocycles. The second-order valence-corrected chi connectivity index (χ2v) is 11.4. The van der Waals surface area contributed by atoms with E-state index in [2.05, 4.69) is 32.2 Å². The Bertz CT molecular complexity index is 1620. The molecule has 10 nitrogen and oxygen atoms in total. The number of methoxy groups -OCH3 is 1. The second kappa shape index (κ2) is 15.9. The number of nitrogens with one attached hydrogen (secondary N) is 2. The number of rotatable bonds is 16. The number of fused-ring (bicyclic) bond motifs is 1. The number of hydrogen-bond donors (Lipinski definition) is 4. The molecule has 3 aromatic heterocycles. The lowest BCUT2D eigenvalue weighted by Crippen LogP contribution is -2.25. The molecule has 4 rings (SSSR count). The van der Waals surface area contributed by atoms with Gasteiger partial charge >= 0.3 is 5.69 Å². The van der Waals surface area contributed by atoms with E-state index in [1.165, 1.54) is 4.57 Å². The van der Waals surface area contributed by atoms with E-state index < -0.39 is 11.5 Å². The van der Waals surface area contributed by atoms with Crippen molar-refractivity contribution < 1.29 is 9.13 Å². The van der Waals surface area contributed by atoms with Gasteiger partial charge in [-0.15, -0.1) is 0 Å². The fraction of sp³-hybridized carbons (Fsp3) is 0.438. The van der Waals surface area contributed by atoms with Gasteiger partial charge in [0.2, 0.25) is 0 Å². The molecule has 0 spiro atoms. The van der Waals surface area contributed by atoms with Crippen molar-refractivity contribution in [3.05, 3.63) is 75.3 Å². The minimum atomic E-state index is -0.537. The number of aromatic nitrogens is 4. The summed E-state index contributed by atoms with van der Waals surface area (Å²) in [6, 6.07) is 9.00. The number of aliphatic imine (C=N–C) groups is 1. The Hall–Kier alpha value is -3.64. The van der Waals surface area contributed by atoms with Crippen molar-refractivity contribution in [1.82, 2.24) is 24.8 Å². The summed E-state index contributed by atoms with van der Waals surface area (Å²) >= 11 is 6.27. The van der Waals surface area contributed by atoms with E-state index >= 15 is 4.39 Å². The zero-order chi connectivity index (χ0) is 31.6. The molecule has 236 valence electrons. The molecule has 0 aliphatic heterocycles. The maximum absolute atomic E-state index is 15.2. The van der Waals surface area contributed by atoms with Crippen LogP contribution in [0.25, 0.3) is 28.0 Å². The van der Waals surface area contributed by atoms with Gasteiger partial charge in [0.25, 0.3) is 0 Å². The molecule has 44 heavy (non-hydrogen) atoms. The maximum Gasteiger partial charge on any atom is 0.354 e. The number of aryl methyl sites for hydroxylation is 1. The van der Waals surface area contributed by atoms with E-state index in [1.807, 2.05) is 12.1 Å². The summed E-state index contributed by atoms with van der Waals surface area (Å²) in [5.41, 5.74) is 14.7. The van der Waals surface area contributed by atoms with Crippen LogP contribution in [0.2, 0.25) is 5.02 Å². The molecule has 0 radical (unpaired) electrons. The Balaban J connectivity index is 1.53. The summed E-state index contributed by atoms with van der Waals surface area (Å²) in [4.78, 5) is 29.2. The number of hydrogen-bond acceptors (Lipinski definition) is 7. The topological polar surface area (TPSA) is 149 Å². The number of ether oxygens (including phenoxy) is 1. The van der Waals surface area contributed by atoms with Crippen molar-refractivity contribution >= 4 is 28.5 Å². The molecule has 4 aromatic rings. The summed E-state index contributed by atoms with van der Waals surface area (Å²) < 4.78 is 21.7. The number of pyridine rings is 1. The molecule has 0 bridgehead atoms. The van der Waals surface area contributed by atoms with Crippen molar-refractivity contribution in [1.29, 1.82) is 0 Å². The second-order valence-electron chi connectivity index (χ2n) is 11.0. The van der Waals surface area contributed by atoms with Crippen LogP contribution < -0.4 is 22.5 Å². The van der Waals surface area contributed by atoms with Crippen LogP contribution in [0.5, 0.6) is 0 Å². The predicted octanol–water partition coefficient (Wildman–Crippen LogP) is 5.06. The first kappa shape index (κ1) is 33.3. The van der Waals surface area contributed by atoms with Crippen LogP contribution in [0.3, 0.4) is 0 Å². The molecule has 6 N–H and O–H groups in total. The molecule has 3 heterocycles. The molecule has 2 unspecified atom stereocenters. The maximum atomic E-state index is 15.2. The monoisotopic (exact) mass is 624 g/mol. The molecule has 12 heteroatoms. The van der Waals surface area contributed by atoms with E-state index in [-0.39, 0.29) is 17.1 Å². The fourth-order valence-corrected chi connectivity index (χ4v) is 5.42. The Kier molecular flexibility index (Phi) is 12.0. The molecule has 0 amide bonds. The molecule has 0 aliphatic rings. The van der Waals surface area contributed by atoms with Crippen molar-refractivity contribution in [3.8, 4) is 16.9 Å². The van der Waals surface area contributed by atoms with Gasteiger partial charge in [0.05, 0.1) is 40.7 Å². The number of halogens is 2. The highest BCUT2D eigenvalue weighted by atomic mass is 35.5. The third-order valence-corrected chi connectivity index (χ3v) is 7.65. The quantitative estimate of drug-likeness (QED) is 0.0773. The SMILES string of the molecule is CCCC(NCCCN=C(C)N)c1ccc(-n2cc3cc(-c4cc(CCCC(N)COC)cc(Cl)c4F)[nH]c3nc2=O)cn1. The fourth-order valence-electron chi connectivity index (χ4n) is 5.18. The summed E-state index contributed by atoms with van der Waals surface area (Å²) in [6.45, 7) is 5.87. The number of H-pyrrole nitrogens is 1. The number of benzene rings is 1. The van der Waals surface area contributed by atoms with Crippen LogP contribution in [0.1, 0.15) is 63.3 Å². The van der Waals surface area contributed by atoms with Gasteiger partial charge in [0.15, 0.2) is 5.82 Å². The van der Waals surface area contributed by atoms with Crippen LogP contribution in [-0.4, -0.2) is 58.2 Å². The van der Waals surface area contributed by atoms with Crippen LogP contribution in [0, 0.1) is 5.82 Å². The average Bonchev–Trinajstić information content (AvgIpc) is 3.40. The van der Waals surface area contributed by atoms with Crippen LogP contribution in [0.15, 0.2) is 52.5 Å². The van der Waals surface area contributed by atoms with Gasteiger partial charge in [0.1, 0.15) is 5.65 Å². The Morgan fingerprint density at radius 1 is 1.25 bits per heavy atom. The minimum Gasteiger partial charge on any atom is -0.388 e. The van der Waals surface area contributed by atoms with E-state index in [0.717, 1.165) is 49.9 Å². The molecule has 0 fully saturated rings. The number of amidine groups is 1. The highest BCUT2D eigenvalue weighted by molar-refractivity contribution is 6.31. The van der Waals surface area contributed by atoms with Crippen molar-refractivity contribution in [2.24, 2.45) is 16.5 Å². The van der Waals surface area contributed by atoms with Gasteiger partial charge in [-0.1, -0.05) is 24.9 Å². The van der Waals surface area contributed by atoms with Crippen molar-refractivity contribution in [2.45, 2.75) is 64.5 Å². The Labute approximate surface area is 262 Å². The molecule has 2 atom stereocenters. The average molecular weight is 625 g/mol. The number of nitrogens with two attached hydrogens (primary N) is 2. The van der Waals surface area contributed by atoms with Gasteiger partial charge in [-0.2, -0.15) is 4.98 Å². The van der Waals surface area contributed by atoms with E-state index in [9.17, 15) is 4.79 Å². The van der Waals surface area contributed by atoms with Gasteiger partial charge in [0, 0.05) is 42.9 Å². The molecule has 0 saturated heterocycles. The lowest BCUT2D eigenvalue weighted by Gasteiger charge is -2.18. The van der Waals surface area contributed by atoms with Gasteiger partial charge < -0.3 is 26.5 Å². The van der Waals surface area contributed by atoms with Crippen LogP contribution in [-0.2, 0) is 11.2 Å².